The molecule has 1 fully saturated rings. The van der Waals surface area contributed by atoms with Gasteiger partial charge in [0, 0.05) is 12.8 Å². The first-order valence-corrected chi connectivity index (χ1v) is 14.6. The summed E-state index contributed by atoms with van der Waals surface area (Å²) >= 11 is 0. The molecule has 6 atom stereocenters. The molecule has 2 aliphatic heterocycles. The number of fused-ring (bicyclic) bond motifs is 1. The van der Waals surface area contributed by atoms with Crippen molar-refractivity contribution >= 4 is 35.7 Å². The number of anilines is 1. The molecule has 0 aromatic carbocycles. The molecule has 1 aromatic heterocycles. The zero-order valence-corrected chi connectivity index (χ0v) is 25.8. The summed E-state index contributed by atoms with van der Waals surface area (Å²) in [5.41, 5.74) is 17.6. The molecule has 0 spiro atoms. The summed E-state index contributed by atoms with van der Waals surface area (Å²) in [5.74, 6) is -3.50. The van der Waals surface area contributed by atoms with Gasteiger partial charge in [0.25, 0.3) is 5.91 Å². The zero-order chi connectivity index (χ0) is 33.6. The third-order valence-corrected chi connectivity index (χ3v) is 7.21. The molecule has 2 aliphatic rings. The normalized spacial score (nSPS) is 22.6. The number of esters is 3. The van der Waals surface area contributed by atoms with Gasteiger partial charge < -0.3 is 40.5 Å². The minimum atomic E-state index is -1.55. The van der Waals surface area contributed by atoms with Crippen LogP contribution in [0.2, 0.25) is 0 Å². The largest absolute Gasteiger partial charge is 0.463 e. The summed E-state index contributed by atoms with van der Waals surface area (Å²) in [6.07, 6.45) is -6.68. The van der Waals surface area contributed by atoms with Crippen molar-refractivity contribution in [1.82, 2.24) is 14.9 Å². The Bertz CT molecular complexity index is 1210. The van der Waals surface area contributed by atoms with Crippen LogP contribution in [0.3, 0.4) is 0 Å². The molecule has 2 amide bonds. The fourth-order valence-corrected chi connectivity index (χ4v) is 4.25. The highest BCUT2D eigenvalue weighted by Crippen LogP contribution is 2.37. The lowest BCUT2D eigenvalue weighted by molar-refractivity contribution is -0.155. The van der Waals surface area contributed by atoms with Crippen LogP contribution in [0.1, 0.15) is 64.2 Å². The smallest absolute Gasteiger partial charge is 0.418 e. The highest BCUT2D eigenvalue weighted by molar-refractivity contribution is 6.04. The number of carbonyl (C=O) groups excluding carboxylic acids is 5. The third kappa shape index (κ3) is 8.65. The molecule has 0 bridgehead atoms. The molecular weight excluding hydrogens is 601 g/mol. The number of aromatic nitrogens is 2. The summed E-state index contributed by atoms with van der Waals surface area (Å²) in [6.45, 7) is 7.00. The van der Waals surface area contributed by atoms with E-state index in [0.717, 1.165) is 4.90 Å². The number of nitrogens with two attached hydrogens (primary N) is 3. The average molecular weight is 644 g/mol. The second kappa shape index (κ2) is 15.4. The Balaban J connectivity index is 1.83. The van der Waals surface area contributed by atoms with E-state index in [-0.39, 0.29) is 42.8 Å². The molecule has 17 nitrogen and oxygen atoms in total. The number of nitrogens with one attached hydrogen (secondary N) is 1. The maximum atomic E-state index is 14.9. The molecule has 45 heavy (non-hydrogen) atoms. The Morgan fingerprint density at radius 3 is 2.18 bits per heavy atom. The molecule has 252 valence electrons. The monoisotopic (exact) mass is 643 g/mol. The van der Waals surface area contributed by atoms with Crippen molar-refractivity contribution in [2.45, 2.75) is 90.4 Å². The van der Waals surface area contributed by atoms with Gasteiger partial charge in [0.05, 0.1) is 6.33 Å². The molecule has 1 saturated heterocycles. The van der Waals surface area contributed by atoms with E-state index >= 15 is 0 Å². The molecule has 18 heteroatoms. The number of nitrogens with zero attached hydrogens (tertiary/aromatic N) is 3. The zero-order valence-electron chi connectivity index (χ0n) is 25.8. The van der Waals surface area contributed by atoms with Crippen LogP contribution in [0.4, 0.5) is 15.0 Å². The van der Waals surface area contributed by atoms with E-state index in [1.807, 2.05) is 0 Å². The molecule has 0 radical (unpaired) electrons. The van der Waals surface area contributed by atoms with E-state index < -0.39 is 86.1 Å². The van der Waals surface area contributed by atoms with Crippen LogP contribution in [0.5, 0.6) is 0 Å². The first kappa shape index (κ1) is 35.6. The molecule has 1 unspecified atom stereocenters. The van der Waals surface area contributed by atoms with Gasteiger partial charge in [-0.05, 0) is 11.8 Å². The molecular formula is C27H42FN7O10. The number of hydrogen-bond donors (Lipinski definition) is 4. The predicted molar refractivity (Wildman–Crippen MR) is 153 cm³/mol. The summed E-state index contributed by atoms with van der Waals surface area (Å²) < 4.78 is 42.9. The predicted octanol–water partition coefficient (Wildman–Crippen LogP) is -0.188. The van der Waals surface area contributed by atoms with Crippen molar-refractivity contribution < 1.29 is 52.0 Å². The summed E-state index contributed by atoms with van der Waals surface area (Å²) in [6, 6.07) is -1.94. The number of carbonyl (C=O) groups is 5. The lowest BCUT2D eigenvalue weighted by atomic mass is 10.1. The van der Waals surface area contributed by atoms with Gasteiger partial charge in [-0.1, -0.05) is 34.6 Å². The van der Waals surface area contributed by atoms with Crippen LogP contribution in [-0.2, 0) is 38.1 Å². The number of ether oxygens (including phenoxy) is 5. The number of amides is 2. The van der Waals surface area contributed by atoms with E-state index in [4.69, 9.17) is 40.9 Å². The highest BCUT2D eigenvalue weighted by atomic mass is 19.1. The van der Waals surface area contributed by atoms with E-state index in [0.29, 0.717) is 0 Å². The van der Waals surface area contributed by atoms with Crippen molar-refractivity contribution in [3.63, 3.8) is 0 Å². The topological polar surface area (TPSA) is 243 Å². The van der Waals surface area contributed by atoms with Crippen molar-refractivity contribution in [1.29, 1.82) is 0 Å². The maximum Gasteiger partial charge on any atom is 0.418 e. The van der Waals surface area contributed by atoms with E-state index in [1.54, 1.807) is 34.6 Å². The van der Waals surface area contributed by atoms with Crippen molar-refractivity contribution in [2.24, 2.45) is 29.0 Å². The number of imidazole rings is 1. The van der Waals surface area contributed by atoms with Gasteiger partial charge >= 0.3 is 24.0 Å². The number of hydrogen-bond acceptors (Lipinski definition) is 14. The number of rotatable bonds is 13. The first-order valence-electron chi connectivity index (χ1n) is 14.6. The van der Waals surface area contributed by atoms with Gasteiger partial charge in [-0.25, -0.2) is 19.1 Å². The summed E-state index contributed by atoms with van der Waals surface area (Å²) in [4.78, 5) is 67.5. The molecule has 3 heterocycles. The Hall–Kier alpha value is -3.87. The van der Waals surface area contributed by atoms with Crippen molar-refractivity contribution in [2.75, 3.05) is 24.7 Å². The minimum absolute atomic E-state index is 0.0979. The summed E-state index contributed by atoms with van der Waals surface area (Å²) in [5, 5.41) is 2.37. The fraction of sp³-hybridized carbons (Fsp3) is 0.704. The van der Waals surface area contributed by atoms with E-state index in [2.05, 4.69) is 10.3 Å². The second-order valence-electron chi connectivity index (χ2n) is 11.3. The third-order valence-electron chi connectivity index (χ3n) is 7.21. The lowest BCUT2D eigenvalue weighted by Gasteiger charge is -2.34. The quantitative estimate of drug-likeness (QED) is 0.161. The Morgan fingerprint density at radius 1 is 1.07 bits per heavy atom. The van der Waals surface area contributed by atoms with Gasteiger partial charge in [0.15, 0.2) is 23.9 Å². The average Bonchev–Trinajstić information content (AvgIpc) is 3.59. The van der Waals surface area contributed by atoms with Gasteiger partial charge in [-0.2, -0.15) is 0 Å². The second-order valence-corrected chi connectivity index (χ2v) is 11.3. The molecule has 3 rings (SSSR count). The molecule has 0 saturated carbocycles. The summed E-state index contributed by atoms with van der Waals surface area (Å²) in [7, 11) is 0. The van der Waals surface area contributed by atoms with Crippen LogP contribution in [0.15, 0.2) is 6.33 Å². The van der Waals surface area contributed by atoms with Crippen molar-refractivity contribution in [3.05, 3.63) is 12.0 Å². The number of halogens is 1. The molecule has 0 aliphatic carbocycles. The minimum Gasteiger partial charge on any atom is -0.463 e. The van der Waals surface area contributed by atoms with E-state index in [9.17, 15) is 28.4 Å². The van der Waals surface area contributed by atoms with Crippen LogP contribution < -0.4 is 27.4 Å². The van der Waals surface area contributed by atoms with Crippen LogP contribution in [0, 0.1) is 11.8 Å². The van der Waals surface area contributed by atoms with Gasteiger partial charge in [-0.15, -0.1) is 0 Å². The number of alkyl halides is 1. The first-order chi connectivity index (χ1) is 21.2. The Kier molecular flexibility index (Phi) is 12.2. The highest BCUT2D eigenvalue weighted by Gasteiger charge is 2.44. The van der Waals surface area contributed by atoms with Gasteiger partial charge in [0.2, 0.25) is 0 Å². The van der Waals surface area contributed by atoms with Gasteiger partial charge in [-0.3, -0.25) is 29.5 Å². The standard InChI is InChI=1S/C27H42FN7O10/c1-6-18(36)41-10-16-15(28)7-17(45-16)34-11-32-21-22(37)33-26(31)35(23(21)34)27(40)44-14(8-42-24(38)19(29)12(2)3)9-43-25(39)20(30)13(4)5/h11-17,19-20,26H,6-10,29-31H2,1-5H3,(H,33,37)/t15-,16+,17+,19-,20-,26?/m0/s1. The molecule has 7 N–H and O–H groups in total. The Morgan fingerprint density at radius 2 is 1.64 bits per heavy atom. The van der Waals surface area contributed by atoms with E-state index in [1.165, 1.54) is 10.9 Å². The van der Waals surface area contributed by atoms with Crippen LogP contribution >= 0.6 is 0 Å². The maximum absolute atomic E-state index is 14.9. The van der Waals surface area contributed by atoms with Crippen LogP contribution in [0.25, 0.3) is 0 Å². The lowest BCUT2D eigenvalue weighted by Crippen LogP contribution is -2.61. The fourth-order valence-electron chi connectivity index (χ4n) is 4.25. The van der Waals surface area contributed by atoms with Crippen molar-refractivity contribution in [3.8, 4) is 0 Å². The van der Waals surface area contributed by atoms with Gasteiger partial charge in [0.1, 0.15) is 50.4 Å². The molecule has 1 aromatic rings. The van der Waals surface area contributed by atoms with Crippen LogP contribution in [-0.4, -0.2) is 96.0 Å². The Labute approximate surface area is 259 Å². The SMILES string of the molecule is CCC(=O)OC[C@H]1O[C@@H](n2cnc3c2N(C(=O)OC(COC(=O)[C@@H](N)C(C)C)COC(=O)[C@@H](N)C(C)C)C(N)NC3=O)C[C@@H]1F.